The maximum absolute atomic E-state index is 12.9. The second-order valence-corrected chi connectivity index (χ2v) is 12.6. The molecule has 0 radical (unpaired) electrons. The maximum Gasteiger partial charge on any atom is 0.240 e. The number of hydrogen-bond acceptors (Lipinski definition) is 4. The highest BCUT2D eigenvalue weighted by Gasteiger charge is 2.43. The molecule has 0 saturated heterocycles. The van der Waals surface area contributed by atoms with E-state index in [0.717, 1.165) is 6.42 Å². The fourth-order valence-electron chi connectivity index (χ4n) is 5.25. The lowest BCUT2D eigenvalue weighted by Gasteiger charge is -2.45. The van der Waals surface area contributed by atoms with E-state index in [9.17, 15) is 16.8 Å². The summed E-state index contributed by atoms with van der Waals surface area (Å²) in [4.78, 5) is 0.214. The molecule has 3 aromatic rings. The molecule has 1 N–H and O–H groups in total. The van der Waals surface area contributed by atoms with Gasteiger partial charge in [0.25, 0.3) is 0 Å². The van der Waals surface area contributed by atoms with Gasteiger partial charge in [-0.05, 0) is 58.9 Å². The molecule has 3 aromatic carbocycles. The van der Waals surface area contributed by atoms with Crippen molar-refractivity contribution in [1.82, 2.24) is 4.72 Å². The van der Waals surface area contributed by atoms with Crippen molar-refractivity contribution in [1.29, 1.82) is 0 Å². The summed E-state index contributed by atoms with van der Waals surface area (Å²) in [5, 5.41) is 0. The van der Waals surface area contributed by atoms with Gasteiger partial charge >= 0.3 is 0 Å². The second-order valence-electron chi connectivity index (χ2n) is 8.51. The van der Waals surface area contributed by atoms with Crippen LogP contribution in [0.2, 0.25) is 0 Å². The zero-order chi connectivity index (χ0) is 22.5. The monoisotopic (exact) mass is 467 g/mol. The zero-order valence-corrected chi connectivity index (χ0v) is 19.4. The topological polar surface area (TPSA) is 80.3 Å². The van der Waals surface area contributed by atoms with Gasteiger partial charge in [0.15, 0.2) is 9.84 Å². The summed E-state index contributed by atoms with van der Waals surface area (Å²) in [6.07, 6.45) is 0.898. The Balaban J connectivity index is 1.40. The molecule has 1 unspecified atom stereocenters. The quantitative estimate of drug-likeness (QED) is 0.593. The van der Waals surface area contributed by atoms with Gasteiger partial charge in [0.1, 0.15) is 0 Å². The molecule has 3 aliphatic rings. The summed E-state index contributed by atoms with van der Waals surface area (Å²) in [7, 11) is -7.11. The Morgan fingerprint density at radius 3 is 1.78 bits per heavy atom. The van der Waals surface area contributed by atoms with Crippen LogP contribution >= 0.6 is 0 Å². The standard InChI is InChI=1S/C25H25NO4S2/c1-2-31(27,28)18-11-13-19(14-12-18)32(29,30)26-16-17-15-24-20-7-3-5-9-22(20)25(17)23-10-6-4-8-21(23)24/h3-14,17,24-26H,2,15-16H2,1H3. The Morgan fingerprint density at radius 2 is 1.25 bits per heavy atom. The Morgan fingerprint density at radius 1 is 0.750 bits per heavy atom. The van der Waals surface area contributed by atoms with Crippen molar-refractivity contribution >= 4 is 19.9 Å². The van der Waals surface area contributed by atoms with E-state index in [-0.39, 0.29) is 33.3 Å². The van der Waals surface area contributed by atoms with Crippen LogP contribution in [0.5, 0.6) is 0 Å². The molecule has 2 bridgehead atoms. The largest absolute Gasteiger partial charge is 0.240 e. The molecule has 0 amide bonds. The van der Waals surface area contributed by atoms with Crippen LogP contribution in [0, 0.1) is 5.92 Å². The van der Waals surface area contributed by atoms with Gasteiger partial charge in [-0.25, -0.2) is 21.6 Å². The van der Waals surface area contributed by atoms with Crippen molar-refractivity contribution in [2.24, 2.45) is 5.92 Å². The lowest BCUT2D eigenvalue weighted by molar-refractivity contribution is 0.355. The second kappa shape index (κ2) is 7.83. The minimum Gasteiger partial charge on any atom is -0.224 e. The molecule has 0 aromatic heterocycles. The molecule has 166 valence electrons. The van der Waals surface area contributed by atoms with Crippen LogP contribution in [0.4, 0.5) is 0 Å². The molecule has 32 heavy (non-hydrogen) atoms. The van der Waals surface area contributed by atoms with Gasteiger partial charge in [-0.15, -0.1) is 0 Å². The summed E-state index contributed by atoms with van der Waals surface area (Å²) in [6.45, 7) is 1.90. The lowest BCUT2D eigenvalue weighted by atomic mass is 9.59. The Kier molecular flexibility index (Phi) is 5.23. The van der Waals surface area contributed by atoms with E-state index in [2.05, 4.69) is 53.3 Å². The number of sulfonamides is 1. The number of sulfone groups is 1. The smallest absolute Gasteiger partial charge is 0.224 e. The fourth-order valence-corrected chi connectivity index (χ4v) is 7.23. The van der Waals surface area contributed by atoms with Crippen molar-refractivity contribution in [2.75, 3.05) is 12.3 Å². The number of fused-ring (bicyclic) bond motifs is 1. The van der Waals surface area contributed by atoms with Gasteiger partial charge in [0.2, 0.25) is 10.0 Å². The number of hydrogen-bond donors (Lipinski definition) is 1. The van der Waals surface area contributed by atoms with Crippen LogP contribution in [0.25, 0.3) is 0 Å². The van der Waals surface area contributed by atoms with Crippen LogP contribution in [-0.4, -0.2) is 29.1 Å². The van der Waals surface area contributed by atoms with Crippen molar-refractivity contribution < 1.29 is 16.8 Å². The molecule has 0 saturated carbocycles. The summed E-state index contributed by atoms with van der Waals surface area (Å²) in [5.41, 5.74) is 5.28. The molecule has 7 heteroatoms. The highest BCUT2D eigenvalue weighted by atomic mass is 32.2. The highest BCUT2D eigenvalue weighted by molar-refractivity contribution is 7.91. The number of nitrogens with one attached hydrogen (secondary N) is 1. The first kappa shape index (κ1) is 21.4. The molecule has 6 rings (SSSR count). The molecular formula is C25H25NO4S2. The lowest BCUT2D eigenvalue weighted by Crippen LogP contribution is -2.39. The van der Waals surface area contributed by atoms with Crippen LogP contribution in [0.3, 0.4) is 0 Å². The van der Waals surface area contributed by atoms with E-state index >= 15 is 0 Å². The molecule has 0 heterocycles. The Labute approximate surface area is 189 Å². The average Bonchev–Trinajstić information content (AvgIpc) is 2.83. The number of benzene rings is 3. The number of rotatable bonds is 6. The zero-order valence-electron chi connectivity index (χ0n) is 17.7. The van der Waals surface area contributed by atoms with Crippen molar-refractivity contribution in [3.63, 3.8) is 0 Å². The molecule has 1 atom stereocenters. The predicted molar refractivity (Wildman–Crippen MR) is 124 cm³/mol. The van der Waals surface area contributed by atoms with Crippen LogP contribution in [0.1, 0.15) is 47.4 Å². The average molecular weight is 468 g/mol. The molecule has 3 aliphatic carbocycles. The third kappa shape index (κ3) is 3.49. The molecule has 0 spiro atoms. The SMILES string of the molecule is CCS(=O)(=O)c1ccc(S(=O)(=O)NCC2CC3c4ccccc4C2c2ccccc23)cc1. The minimum absolute atomic E-state index is 0.0233. The first-order chi connectivity index (χ1) is 15.3. The van der Waals surface area contributed by atoms with Crippen molar-refractivity contribution in [3.05, 3.63) is 95.1 Å². The molecular weight excluding hydrogens is 442 g/mol. The third-order valence-electron chi connectivity index (χ3n) is 6.83. The van der Waals surface area contributed by atoms with Gasteiger partial charge in [0, 0.05) is 18.4 Å². The Hall–Kier alpha value is -2.48. The van der Waals surface area contributed by atoms with E-state index in [1.807, 2.05) is 0 Å². The van der Waals surface area contributed by atoms with Crippen molar-refractivity contribution in [3.8, 4) is 0 Å². The summed E-state index contributed by atoms with van der Waals surface area (Å²) < 4.78 is 52.7. The summed E-state index contributed by atoms with van der Waals surface area (Å²) in [6, 6.07) is 22.4. The van der Waals surface area contributed by atoms with E-state index in [0.29, 0.717) is 6.54 Å². The summed E-state index contributed by atoms with van der Waals surface area (Å²) in [5.74, 6) is 0.566. The maximum atomic E-state index is 12.9. The fraction of sp³-hybridized carbons (Fsp3) is 0.280. The third-order valence-corrected chi connectivity index (χ3v) is 10.0. The van der Waals surface area contributed by atoms with E-state index in [1.54, 1.807) is 6.92 Å². The molecule has 5 nitrogen and oxygen atoms in total. The van der Waals surface area contributed by atoms with E-state index in [4.69, 9.17) is 0 Å². The summed E-state index contributed by atoms with van der Waals surface area (Å²) >= 11 is 0. The predicted octanol–water partition coefficient (Wildman–Crippen LogP) is 4.06. The van der Waals surface area contributed by atoms with Crippen LogP contribution in [-0.2, 0) is 19.9 Å². The Bertz CT molecular complexity index is 1330. The van der Waals surface area contributed by atoms with Gasteiger partial charge < -0.3 is 0 Å². The van der Waals surface area contributed by atoms with Crippen LogP contribution < -0.4 is 4.72 Å². The van der Waals surface area contributed by atoms with Crippen LogP contribution in [0.15, 0.2) is 82.6 Å². The van der Waals surface area contributed by atoms with E-state index in [1.165, 1.54) is 46.5 Å². The van der Waals surface area contributed by atoms with Gasteiger partial charge in [-0.2, -0.15) is 0 Å². The van der Waals surface area contributed by atoms with Gasteiger partial charge in [-0.1, -0.05) is 55.5 Å². The highest BCUT2D eigenvalue weighted by Crippen LogP contribution is 2.55. The van der Waals surface area contributed by atoms with Crippen molar-refractivity contribution in [2.45, 2.75) is 35.0 Å². The van der Waals surface area contributed by atoms with Gasteiger partial charge in [-0.3, -0.25) is 0 Å². The first-order valence-electron chi connectivity index (χ1n) is 10.8. The molecule has 0 fully saturated rings. The normalized spacial score (nSPS) is 21.7. The minimum atomic E-state index is -3.75. The molecule has 0 aliphatic heterocycles. The van der Waals surface area contributed by atoms with E-state index < -0.39 is 19.9 Å². The van der Waals surface area contributed by atoms with Gasteiger partial charge in [0.05, 0.1) is 15.5 Å². The first-order valence-corrected chi connectivity index (χ1v) is 14.0.